The van der Waals surface area contributed by atoms with Gasteiger partial charge in [-0.3, -0.25) is 9.10 Å². The lowest BCUT2D eigenvalue weighted by Gasteiger charge is -2.24. The zero-order chi connectivity index (χ0) is 25.3. The van der Waals surface area contributed by atoms with Crippen molar-refractivity contribution < 1.29 is 22.3 Å². The fourth-order valence-electron chi connectivity index (χ4n) is 3.12. The van der Waals surface area contributed by atoms with Crippen molar-refractivity contribution in [3.63, 3.8) is 0 Å². The molecule has 0 aliphatic carbocycles. The van der Waals surface area contributed by atoms with Crippen molar-refractivity contribution in [3.8, 4) is 5.75 Å². The number of amides is 1. The van der Waals surface area contributed by atoms with Gasteiger partial charge in [0.25, 0.3) is 15.9 Å². The topological polar surface area (TPSA) is 88.1 Å². The van der Waals surface area contributed by atoms with E-state index in [1.165, 1.54) is 36.5 Å². The molecule has 0 aliphatic rings. The van der Waals surface area contributed by atoms with Crippen LogP contribution in [0.15, 0.2) is 82.8 Å². The highest BCUT2D eigenvalue weighted by Gasteiger charge is 2.29. The third-order valence-corrected chi connectivity index (χ3v) is 6.84. The van der Waals surface area contributed by atoms with Crippen LogP contribution in [0.3, 0.4) is 0 Å². The summed E-state index contributed by atoms with van der Waals surface area (Å²) in [5.41, 5.74) is 3.66. The summed E-state index contributed by atoms with van der Waals surface area (Å²) in [6.45, 7) is 3.90. The first-order chi connectivity index (χ1) is 16.8. The Labute approximate surface area is 205 Å². The number of nitrogens with one attached hydrogen (secondary N) is 1. The number of nitrogens with zero attached hydrogens (tertiary/aromatic N) is 2. The number of benzene rings is 3. The summed E-state index contributed by atoms with van der Waals surface area (Å²) in [5, 5.41) is 3.90. The molecule has 0 fully saturated rings. The number of carbonyl (C=O) groups excluding carboxylic acids is 1. The molecule has 0 saturated heterocycles. The monoisotopic (exact) mass is 497 g/mol. The Bertz CT molecular complexity index is 1260. The molecule has 0 saturated carbocycles. The van der Waals surface area contributed by atoms with Gasteiger partial charge in [0.2, 0.25) is 0 Å². The zero-order valence-corrected chi connectivity index (χ0v) is 20.5. The molecule has 9 heteroatoms. The quantitative estimate of drug-likeness (QED) is 0.237. The summed E-state index contributed by atoms with van der Waals surface area (Å²) in [4.78, 5) is 12.5. The summed E-state index contributed by atoms with van der Waals surface area (Å²) in [7, 11) is -4.21. The van der Waals surface area contributed by atoms with Gasteiger partial charge in [0.1, 0.15) is 18.1 Å². The molecule has 35 heavy (non-hydrogen) atoms. The van der Waals surface area contributed by atoms with Gasteiger partial charge in [0.05, 0.1) is 23.4 Å². The minimum atomic E-state index is -4.21. The normalized spacial score (nSPS) is 11.4. The number of hydrogen-bond donors (Lipinski definition) is 1. The van der Waals surface area contributed by atoms with Gasteiger partial charge in [-0.15, -0.1) is 0 Å². The van der Waals surface area contributed by atoms with E-state index in [1.807, 2.05) is 6.92 Å². The molecule has 3 aromatic carbocycles. The number of halogens is 1. The van der Waals surface area contributed by atoms with E-state index in [-0.39, 0.29) is 10.6 Å². The van der Waals surface area contributed by atoms with Crippen molar-refractivity contribution in [2.24, 2.45) is 5.10 Å². The van der Waals surface area contributed by atoms with Crippen molar-refractivity contribution in [1.29, 1.82) is 0 Å². The van der Waals surface area contributed by atoms with Crippen LogP contribution in [0.4, 0.5) is 10.1 Å². The van der Waals surface area contributed by atoms with Crippen LogP contribution in [-0.2, 0) is 14.8 Å². The van der Waals surface area contributed by atoms with Crippen LogP contribution in [0.1, 0.15) is 30.9 Å². The molecule has 0 aliphatic heterocycles. The van der Waals surface area contributed by atoms with E-state index in [0.29, 0.717) is 12.2 Å². The van der Waals surface area contributed by atoms with E-state index in [0.717, 1.165) is 34.5 Å². The van der Waals surface area contributed by atoms with E-state index in [1.54, 1.807) is 36.4 Å². The van der Waals surface area contributed by atoms with Crippen LogP contribution in [0.25, 0.3) is 0 Å². The van der Waals surface area contributed by atoms with E-state index in [2.05, 4.69) is 17.5 Å². The maximum Gasteiger partial charge on any atom is 0.264 e. The maximum absolute atomic E-state index is 14.5. The number of anilines is 1. The highest BCUT2D eigenvalue weighted by molar-refractivity contribution is 7.92. The molecule has 3 rings (SSSR count). The van der Waals surface area contributed by atoms with E-state index in [4.69, 9.17) is 4.74 Å². The maximum atomic E-state index is 14.5. The molecule has 0 aromatic heterocycles. The number of unbranched alkanes of at least 4 members (excludes halogenated alkanes) is 1. The summed E-state index contributed by atoms with van der Waals surface area (Å²) < 4.78 is 47.4. The van der Waals surface area contributed by atoms with Crippen LogP contribution in [0.5, 0.6) is 5.75 Å². The highest BCUT2D eigenvalue weighted by atomic mass is 32.2. The fourth-order valence-corrected chi connectivity index (χ4v) is 4.55. The molecule has 1 amide bonds. The molecule has 3 aromatic rings. The fraction of sp³-hybridized carbons (Fsp3) is 0.231. The third kappa shape index (κ3) is 7.13. The number of rotatable bonds is 11. The molecule has 0 unspecified atom stereocenters. The number of carbonyl (C=O) groups is 1. The van der Waals surface area contributed by atoms with Crippen LogP contribution in [0, 0.1) is 12.7 Å². The summed E-state index contributed by atoms with van der Waals surface area (Å²) in [6.07, 6.45) is 3.44. The summed E-state index contributed by atoms with van der Waals surface area (Å²) >= 11 is 0. The second-order valence-corrected chi connectivity index (χ2v) is 9.70. The van der Waals surface area contributed by atoms with Crippen molar-refractivity contribution in [3.05, 3.63) is 89.7 Å². The number of sulfonamides is 1. The molecule has 7 nitrogen and oxygen atoms in total. The van der Waals surface area contributed by atoms with Crippen molar-refractivity contribution >= 4 is 27.8 Å². The first-order valence-electron chi connectivity index (χ1n) is 11.2. The van der Waals surface area contributed by atoms with E-state index in [9.17, 15) is 17.6 Å². The molecule has 0 atom stereocenters. The molecule has 0 radical (unpaired) electrons. The second-order valence-electron chi connectivity index (χ2n) is 7.84. The second kappa shape index (κ2) is 12.1. The van der Waals surface area contributed by atoms with E-state index >= 15 is 0 Å². The number of para-hydroxylation sites is 1. The largest absolute Gasteiger partial charge is 0.494 e. The van der Waals surface area contributed by atoms with Crippen LogP contribution in [0.2, 0.25) is 0 Å². The molecule has 1 N–H and O–H groups in total. The minimum absolute atomic E-state index is 0.0519. The van der Waals surface area contributed by atoms with E-state index < -0.39 is 28.3 Å². The minimum Gasteiger partial charge on any atom is -0.494 e. The standard InChI is InChI=1S/C26H28FN3O4S/c1-3-4-17-34-22-13-11-21(12-14-22)18-28-29-26(31)19-30(25-8-6-5-7-24(25)27)35(32,33)23-15-9-20(2)10-16-23/h5-16,18H,3-4,17,19H2,1-2H3,(H,29,31)/b28-18+. The van der Waals surface area contributed by atoms with Gasteiger partial charge in [-0.25, -0.2) is 18.2 Å². The van der Waals surface area contributed by atoms with Gasteiger partial charge < -0.3 is 4.74 Å². The number of hydrogen-bond acceptors (Lipinski definition) is 5. The Morgan fingerprint density at radius 2 is 1.74 bits per heavy atom. The predicted octanol–water partition coefficient (Wildman–Crippen LogP) is 4.66. The number of hydrazone groups is 1. The Balaban J connectivity index is 1.73. The Kier molecular flexibility index (Phi) is 8.97. The Morgan fingerprint density at radius 1 is 1.06 bits per heavy atom. The summed E-state index contributed by atoms with van der Waals surface area (Å²) in [6, 6.07) is 18.7. The Morgan fingerprint density at radius 3 is 2.40 bits per heavy atom. The third-order valence-electron chi connectivity index (χ3n) is 5.07. The zero-order valence-electron chi connectivity index (χ0n) is 19.6. The molecular formula is C26H28FN3O4S. The average Bonchev–Trinajstić information content (AvgIpc) is 2.84. The molecule has 0 heterocycles. The van der Waals surface area contributed by atoms with Crippen LogP contribution < -0.4 is 14.5 Å². The SMILES string of the molecule is CCCCOc1ccc(/C=N/NC(=O)CN(c2ccccc2F)S(=O)(=O)c2ccc(C)cc2)cc1. The lowest BCUT2D eigenvalue weighted by atomic mass is 10.2. The van der Waals surface area contributed by atoms with Gasteiger partial charge in [-0.1, -0.05) is 43.2 Å². The van der Waals surface area contributed by atoms with Gasteiger partial charge in [-0.2, -0.15) is 5.10 Å². The first kappa shape index (κ1) is 25.9. The first-order valence-corrected chi connectivity index (χ1v) is 12.6. The number of ether oxygens (including phenoxy) is 1. The smallest absolute Gasteiger partial charge is 0.264 e. The molecule has 0 bridgehead atoms. The molecular weight excluding hydrogens is 469 g/mol. The highest BCUT2D eigenvalue weighted by Crippen LogP contribution is 2.26. The molecule has 184 valence electrons. The summed E-state index contributed by atoms with van der Waals surface area (Å²) in [5.74, 6) is -0.748. The van der Waals surface area contributed by atoms with Crippen LogP contribution in [-0.4, -0.2) is 33.7 Å². The average molecular weight is 498 g/mol. The Hall–Kier alpha value is -3.72. The lowest BCUT2D eigenvalue weighted by Crippen LogP contribution is -2.40. The van der Waals surface area contributed by atoms with Crippen molar-refractivity contribution in [1.82, 2.24) is 5.43 Å². The lowest BCUT2D eigenvalue weighted by molar-refractivity contribution is -0.119. The molecule has 0 spiro atoms. The van der Waals surface area contributed by atoms with Crippen molar-refractivity contribution in [2.75, 3.05) is 17.5 Å². The predicted molar refractivity (Wildman–Crippen MR) is 135 cm³/mol. The van der Waals surface area contributed by atoms with Gasteiger partial charge in [0, 0.05) is 0 Å². The van der Waals surface area contributed by atoms with Gasteiger partial charge in [0.15, 0.2) is 0 Å². The van der Waals surface area contributed by atoms with Gasteiger partial charge in [-0.05, 0) is 67.4 Å². The van der Waals surface area contributed by atoms with Crippen molar-refractivity contribution in [2.45, 2.75) is 31.6 Å². The van der Waals surface area contributed by atoms with Gasteiger partial charge >= 0.3 is 0 Å². The van der Waals surface area contributed by atoms with Crippen LogP contribution >= 0.6 is 0 Å². The number of aryl methyl sites for hydroxylation is 1.